The SMILES string of the molecule is C=C/C=C(C=C)/C(=C/C(=N)c1ccc(-c2ccc3oc(C=C)c(/C=C\C)c3c2)cc1-c1ccc2oc3ccccc3c2c1)N=C.Cc1ccccc1. The highest BCUT2D eigenvalue weighted by atomic mass is 16.3. The molecular formula is C48H40N2O2. The van der Waals surface area contributed by atoms with Gasteiger partial charge in [-0.15, -0.1) is 0 Å². The first kappa shape index (κ1) is 35.1. The third-order valence-corrected chi connectivity index (χ3v) is 8.81. The summed E-state index contributed by atoms with van der Waals surface area (Å²) in [5.74, 6) is 0.744. The lowest BCUT2D eigenvalue weighted by atomic mass is 9.90. The number of nitrogens with zero attached hydrogens (tertiary/aromatic N) is 1. The van der Waals surface area contributed by atoms with Crippen LogP contribution < -0.4 is 0 Å². The van der Waals surface area contributed by atoms with E-state index in [1.165, 1.54) is 5.56 Å². The summed E-state index contributed by atoms with van der Waals surface area (Å²) in [6.45, 7) is 19.4. The van der Waals surface area contributed by atoms with Gasteiger partial charge in [-0.3, -0.25) is 4.99 Å². The Labute approximate surface area is 305 Å². The highest BCUT2D eigenvalue weighted by molar-refractivity contribution is 6.13. The largest absolute Gasteiger partial charge is 0.456 e. The van der Waals surface area contributed by atoms with Crippen LogP contribution in [0.2, 0.25) is 0 Å². The number of furan rings is 2. The molecule has 2 aromatic heterocycles. The molecule has 0 spiro atoms. The van der Waals surface area contributed by atoms with Crippen molar-refractivity contribution in [2.75, 3.05) is 0 Å². The standard InChI is InChI=1S/C41H32N2O2.C7H8/c1-6-12-26(8-3)37(43-5)25-36(42)30-19-16-27(28-17-20-40-34(23-28)31(13-7-2)38(9-4)44-40)22-33(30)29-18-21-41-35(24-29)32-14-10-11-15-39(32)45-41;1-7-5-3-2-4-6-7/h6-25,42H,1,3-5H2,2H3;2-6H,1H3/b13-7-,26-12+,37-25-,42-36?;. The second kappa shape index (κ2) is 15.8. The van der Waals surface area contributed by atoms with E-state index >= 15 is 0 Å². The summed E-state index contributed by atoms with van der Waals surface area (Å²) in [4.78, 5) is 4.19. The number of benzene rings is 5. The predicted octanol–water partition coefficient (Wildman–Crippen LogP) is 13.6. The predicted molar refractivity (Wildman–Crippen MR) is 223 cm³/mol. The fourth-order valence-electron chi connectivity index (χ4n) is 6.25. The van der Waals surface area contributed by atoms with E-state index in [2.05, 4.69) is 80.8 Å². The lowest BCUT2D eigenvalue weighted by Crippen LogP contribution is -2.01. The van der Waals surface area contributed by atoms with E-state index in [4.69, 9.17) is 8.83 Å². The molecular weight excluding hydrogens is 637 g/mol. The molecule has 0 bridgehead atoms. The highest BCUT2D eigenvalue weighted by Gasteiger charge is 2.16. The second-order valence-corrected chi connectivity index (χ2v) is 12.2. The normalized spacial score (nSPS) is 11.8. The molecule has 0 fully saturated rings. The summed E-state index contributed by atoms with van der Waals surface area (Å²) in [5.41, 5.74) is 11.0. The topological polar surface area (TPSA) is 62.5 Å². The van der Waals surface area contributed by atoms with Gasteiger partial charge in [0.1, 0.15) is 22.5 Å². The molecule has 0 aliphatic heterocycles. The monoisotopic (exact) mass is 676 g/mol. The van der Waals surface area contributed by atoms with Crippen LogP contribution in [0.5, 0.6) is 0 Å². The third kappa shape index (κ3) is 7.23. The first-order valence-electron chi connectivity index (χ1n) is 17.0. The van der Waals surface area contributed by atoms with Gasteiger partial charge in [0.05, 0.1) is 11.4 Å². The number of rotatable bonds is 10. The number of hydrogen-bond donors (Lipinski definition) is 1. The zero-order valence-corrected chi connectivity index (χ0v) is 29.5. The fourth-order valence-corrected chi connectivity index (χ4v) is 6.25. The van der Waals surface area contributed by atoms with Gasteiger partial charge < -0.3 is 14.2 Å². The highest BCUT2D eigenvalue weighted by Crippen LogP contribution is 2.37. The van der Waals surface area contributed by atoms with E-state index in [0.717, 1.165) is 77.6 Å². The molecule has 0 aliphatic carbocycles. The van der Waals surface area contributed by atoms with Crippen LogP contribution in [-0.2, 0) is 0 Å². The minimum Gasteiger partial charge on any atom is -0.456 e. The number of hydrogen-bond acceptors (Lipinski definition) is 4. The average molecular weight is 677 g/mol. The Kier molecular flexibility index (Phi) is 10.7. The number of para-hydroxylation sites is 1. The van der Waals surface area contributed by atoms with Gasteiger partial charge >= 0.3 is 0 Å². The van der Waals surface area contributed by atoms with E-state index in [0.29, 0.717) is 11.4 Å². The van der Waals surface area contributed by atoms with Gasteiger partial charge in [-0.25, -0.2) is 0 Å². The van der Waals surface area contributed by atoms with Crippen molar-refractivity contribution in [1.82, 2.24) is 0 Å². The summed E-state index contributed by atoms with van der Waals surface area (Å²) in [6.07, 6.45) is 12.7. The molecule has 7 aromatic rings. The van der Waals surface area contributed by atoms with Gasteiger partial charge in [0.15, 0.2) is 0 Å². The molecule has 5 aromatic carbocycles. The maximum absolute atomic E-state index is 9.20. The van der Waals surface area contributed by atoms with Gasteiger partial charge in [0.25, 0.3) is 0 Å². The minimum atomic E-state index is 0.296. The number of nitrogens with one attached hydrogen (secondary N) is 1. The molecule has 0 unspecified atom stereocenters. The van der Waals surface area contributed by atoms with Crippen LogP contribution in [0, 0.1) is 12.3 Å². The Morgan fingerprint density at radius 3 is 2.04 bits per heavy atom. The fraction of sp³-hybridized carbons (Fsp3) is 0.0417. The van der Waals surface area contributed by atoms with Crippen molar-refractivity contribution >= 4 is 57.5 Å². The molecule has 0 aliphatic rings. The third-order valence-electron chi connectivity index (χ3n) is 8.81. The van der Waals surface area contributed by atoms with Crippen molar-refractivity contribution in [3.8, 4) is 22.3 Å². The lowest BCUT2D eigenvalue weighted by molar-refractivity contribution is 0.603. The molecule has 0 amide bonds. The van der Waals surface area contributed by atoms with Crippen LogP contribution in [0.25, 0.3) is 67.3 Å². The van der Waals surface area contributed by atoms with Gasteiger partial charge in [0, 0.05) is 27.3 Å². The molecule has 0 saturated heterocycles. The molecule has 7 rings (SSSR count). The molecule has 2 heterocycles. The minimum absolute atomic E-state index is 0.296. The van der Waals surface area contributed by atoms with E-state index in [9.17, 15) is 5.41 Å². The molecule has 52 heavy (non-hydrogen) atoms. The Morgan fingerprint density at radius 1 is 0.712 bits per heavy atom. The van der Waals surface area contributed by atoms with Crippen LogP contribution >= 0.6 is 0 Å². The summed E-state index contributed by atoms with van der Waals surface area (Å²) < 4.78 is 12.2. The first-order chi connectivity index (χ1) is 25.4. The molecule has 0 atom stereocenters. The first-order valence-corrected chi connectivity index (χ1v) is 17.0. The van der Waals surface area contributed by atoms with Gasteiger partial charge in [-0.1, -0.05) is 128 Å². The molecule has 0 saturated carbocycles. The average Bonchev–Trinajstić information content (AvgIpc) is 3.73. The zero-order valence-electron chi connectivity index (χ0n) is 29.5. The van der Waals surface area contributed by atoms with Crippen molar-refractivity contribution in [1.29, 1.82) is 5.41 Å². The quantitative estimate of drug-likeness (QED) is 0.116. The van der Waals surface area contributed by atoms with Crippen LogP contribution in [0.1, 0.15) is 29.4 Å². The van der Waals surface area contributed by atoms with Crippen molar-refractivity contribution in [3.05, 3.63) is 193 Å². The van der Waals surface area contributed by atoms with Crippen LogP contribution in [-0.4, -0.2) is 12.4 Å². The molecule has 1 N–H and O–H groups in total. The van der Waals surface area contributed by atoms with Crippen LogP contribution in [0.3, 0.4) is 0 Å². The Bertz CT molecular complexity index is 2570. The Balaban J connectivity index is 0.000000594. The van der Waals surface area contributed by atoms with E-state index < -0.39 is 0 Å². The Morgan fingerprint density at radius 2 is 1.37 bits per heavy atom. The van der Waals surface area contributed by atoms with E-state index in [1.807, 2.05) is 85.8 Å². The number of fused-ring (bicyclic) bond motifs is 4. The van der Waals surface area contributed by atoms with Gasteiger partial charge in [-0.05, 0) is 96.9 Å². The lowest BCUT2D eigenvalue weighted by Gasteiger charge is -2.13. The molecule has 4 heteroatoms. The molecule has 254 valence electrons. The summed E-state index contributed by atoms with van der Waals surface area (Å²) >= 11 is 0. The van der Waals surface area contributed by atoms with Gasteiger partial charge in [0.2, 0.25) is 0 Å². The number of aryl methyl sites for hydroxylation is 1. The number of aliphatic imine (C=N–C) groups is 1. The van der Waals surface area contributed by atoms with E-state index in [-0.39, 0.29) is 0 Å². The zero-order chi connectivity index (χ0) is 36.6. The van der Waals surface area contributed by atoms with Crippen LogP contribution in [0.15, 0.2) is 184 Å². The van der Waals surface area contributed by atoms with Crippen molar-refractivity contribution in [3.63, 3.8) is 0 Å². The van der Waals surface area contributed by atoms with Crippen molar-refractivity contribution in [2.24, 2.45) is 4.99 Å². The maximum Gasteiger partial charge on any atom is 0.135 e. The maximum atomic E-state index is 9.20. The smallest absolute Gasteiger partial charge is 0.135 e. The van der Waals surface area contributed by atoms with E-state index in [1.54, 1.807) is 30.4 Å². The van der Waals surface area contributed by atoms with Crippen molar-refractivity contribution in [2.45, 2.75) is 13.8 Å². The summed E-state index contributed by atoms with van der Waals surface area (Å²) in [7, 11) is 0. The molecule has 4 nitrogen and oxygen atoms in total. The van der Waals surface area contributed by atoms with Gasteiger partial charge in [-0.2, -0.15) is 0 Å². The van der Waals surface area contributed by atoms with Crippen molar-refractivity contribution < 1.29 is 8.83 Å². The van der Waals surface area contributed by atoms with Crippen LogP contribution in [0.4, 0.5) is 0 Å². The Hall–Kier alpha value is -6.78. The second-order valence-electron chi connectivity index (χ2n) is 12.2. The number of allylic oxidation sites excluding steroid dienone is 5. The molecule has 0 radical (unpaired) electrons. The summed E-state index contributed by atoms with van der Waals surface area (Å²) in [5, 5.41) is 12.3. The summed E-state index contributed by atoms with van der Waals surface area (Å²) in [6, 6.07) is 36.9.